The van der Waals surface area contributed by atoms with Crippen LogP contribution in [0.1, 0.15) is 41.4 Å². The van der Waals surface area contributed by atoms with Crippen molar-refractivity contribution in [3.63, 3.8) is 0 Å². The zero-order valence-electron chi connectivity index (χ0n) is 11.9. The maximum absolute atomic E-state index is 12.3. The van der Waals surface area contributed by atoms with Gasteiger partial charge in [-0.3, -0.25) is 29.8 Å². The third kappa shape index (κ3) is 1.49. The number of hydrogen-bond acceptors (Lipinski definition) is 6. The molecule has 114 valence electrons. The molecule has 0 atom stereocenters. The maximum Gasteiger partial charge on any atom is 0.260 e. The molecule has 4 rings (SSSR count). The lowest BCUT2D eigenvalue weighted by Crippen LogP contribution is -2.39. The van der Waals surface area contributed by atoms with E-state index in [1.807, 2.05) is 0 Å². The van der Waals surface area contributed by atoms with Gasteiger partial charge in [0.1, 0.15) is 0 Å². The first-order chi connectivity index (χ1) is 10.9. The van der Waals surface area contributed by atoms with E-state index < -0.39 is 23.6 Å². The molecule has 8 heteroatoms. The summed E-state index contributed by atoms with van der Waals surface area (Å²) in [5.41, 5.74) is 7.04. The van der Waals surface area contributed by atoms with Crippen LogP contribution in [0, 0.1) is 0 Å². The van der Waals surface area contributed by atoms with Gasteiger partial charge in [-0.1, -0.05) is 0 Å². The van der Waals surface area contributed by atoms with Crippen molar-refractivity contribution in [1.29, 1.82) is 0 Å². The standard InChI is InChI=1S/C15H10N4O4/c1-17-7-3-5-8-9-4(12(20)19-15(23)11(7)9)2-6(16)10(8)14(22)18-13(5)21/h2-3,17H,16H2,1H3,(H,18,21,22)(H,19,20,23). The molecule has 8 nitrogen and oxygen atoms in total. The van der Waals surface area contributed by atoms with E-state index in [1.165, 1.54) is 12.1 Å². The number of imide groups is 2. The van der Waals surface area contributed by atoms with Crippen molar-refractivity contribution in [2.75, 3.05) is 18.1 Å². The van der Waals surface area contributed by atoms with Gasteiger partial charge in [0, 0.05) is 29.2 Å². The fourth-order valence-electron chi connectivity index (χ4n) is 3.16. The van der Waals surface area contributed by atoms with Gasteiger partial charge in [-0.15, -0.1) is 0 Å². The molecule has 5 N–H and O–H groups in total. The van der Waals surface area contributed by atoms with Gasteiger partial charge in [0.25, 0.3) is 23.6 Å². The van der Waals surface area contributed by atoms with Crippen molar-refractivity contribution in [1.82, 2.24) is 10.6 Å². The zero-order valence-corrected chi connectivity index (χ0v) is 11.9. The summed E-state index contributed by atoms with van der Waals surface area (Å²) >= 11 is 0. The largest absolute Gasteiger partial charge is 0.398 e. The fraction of sp³-hybridized carbons (Fsp3) is 0.0667. The van der Waals surface area contributed by atoms with Gasteiger partial charge in [0.15, 0.2) is 0 Å². The Morgan fingerprint density at radius 3 is 1.96 bits per heavy atom. The van der Waals surface area contributed by atoms with E-state index in [0.29, 0.717) is 5.69 Å². The fourth-order valence-corrected chi connectivity index (χ4v) is 3.16. The Balaban J connectivity index is 2.34. The van der Waals surface area contributed by atoms with E-state index in [-0.39, 0.29) is 38.7 Å². The molecule has 2 aliphatic heterocycles. The Morgan fingerprint density at radius 1 is 0.826 bits per heavy atom. The first-order valence-corrected chi connectivity index (χ1v) is 6.76. The van der Waals surface area contributed by atoms with Gasteiger partial charge >= 0.3 is 0 Å². The number of rotatable bonds is 1. The molecule has 0 aromatic heterocycles. The lowest BCUT2D eigenvalue weighted by Gasteiger charge is -2.26. The minimum absolute atomic E-state index is 0.0754. The molecule has 2 heterocycles. The van der Waals surface area contributed by atoms with Crippen LogP contribution in [0.3, 0.4) is 0 Å². The summed E-state index contributed by atoms with van der Waals surface area (Å²) in [6.45, 7) is 0. The number of benzene rings is 2. The second-order valence-corrected chi connectivity index (χ2v) is 5.30. The normalized spacial score (nSPS) is 15.5. The van der Waals surface area contributed by atoms with Crippen molar-refractivity contribution >= 4 is 45.8 Å². The molecule has 0 spiro atoms. The van der Waals surface area contributed by atoms with Crippen molar-refractivity contribution in [3.8, 4) is 0 Å². The lowest BCUT2D eigenvalue weighted by atomic mass is 9.85. The molecule has 4 amide bonds. The van der Waals surface area contributed by atoms with E-state index >= 15 is 0 Å². The van der Waals surface area contributed by atoms with E-state index in [0.717, 1.165) is 0 Å². The highest BCUT2D eigenvalue weighted by Crippen LogP contribution is 2.40. The van der Waals surface area contributed by atoms with E-state index in [2.05, 4.69) is 16.0 Å². The summed E-state index contributed by atoms with van der Waals surface area (Å²) in [5.74, 6) is -2.44. The number of amides is 4. The molecule has 2 aromatic carbocycles. The van der Waals surface area contributed by atoms with Gasteiger partial charge in [-0.25, -0.2) is 0 Å². The molecule has 0 radical (unpaired) electrons. The highest BCUT2D eigenvalue weighted by Gasteiger charge is 2.36. The summed E-state index contributed by atoms with van der Waals surface area (Å²) in [5, 5.41) is 7.80. The minimum Gasteiger partial charge on any atom is -0.398 e. The predicted molar refractivity (Wildman–Crippen MR) is 81.5 cm³/mol. The van der Waals surface area contributed by atoms with Crippen LogP contribution in [0.5, 0.6) is 0 Å². The first-order valence-electron chi connectivity index (χ1n) is 6.76. The van der Waals surface area contributed by atoms with Crippen molar-refractivity contribution in [2.24, 2.45) is 0 Å². The molecule has 0 bridgehead atoms. The topological polar surface area (TPSA) is 130 Å². The highest BCUT2D eigenvalue weighted by molar-refractivity contribution is 6.36. The second kappa shape index (κ2) is 4.07. The average Bonchev–Trinajstić information content (AvgIpc) is 2.50. The van der Waals surface area contributed by atoms with Gasteiger partial charge < -0.3 is 11.1 Å². The lowest BCUT2D eigenvalue weighted by molar-refractivity contribution is 0.0824. The summed E-state index contributed by atoms with van der Waals surface area (Å²) < 4.78 is 0. The molecule has 0 fully saturated rings. The average molecular weight is 310 g/mol. The SMILES string of the molecule is CNc1cc2c3c(c(N)cc4c3c1C(=O)NC4=O)C(=O)NC2=O. The molecule has 0 unspecified atom stereocenters. The number of nitrogen functional groups attached to an aromatic ring is 1. The Labute approximate surface area is 129 Å². The number of nitrogens with one attached hydrogen (secondary N) is 3. The Bertz CT molecular complexity index is 993. The van der Waals surface area contributed by atoms with Crippen LogP contribution in [0.2, 0.25) is 0 Å². The number of nitrogens with two attached hydrogens (primary N) is 1. The number of carbonyl (C=O) groups excluding carboxylic acids is 4. The van der Waals surface area contributed by atoms with Crippen molar-refractivity contribution in [2.45, 2.75) is 0 Å². The Kier molecular flexibility index (Phi) is 2.34. The van der Waals surface area contributed by atoms with Gasteiger partial charge in [0.05, 0.1) is 22.3 Å². The van der Waals surface area contributed by atoms with Gasteiger partial charge in [-0.05, 0) is 12.1 Å². The molecule has 0 saturated carbocycles. The summed E-state index contributed by atoms with van der Waals surface area (Å²) in [6.07, 6.45) is 0. The Hall–Kier alpha value is -3.42. The summed E-state index contributed by atoms with van der Waals surface area (Å²) in [7, 11) is 1.60. The smallest absolute Gasteiger partial charge is 0.260 e. The third-order valence-corrected chi connectivity index (χ3v) is 4.10. The molecule has 2 aliphatic rings. The molecule has 23 heavy (non-hydrogen) atoms. The van der Waals surface area contributed by atoms with Crippen LogP contribution in [0.25, 0.3) is 10.8 Å². The van der Waals surface area contributed by atoms with Crippen LogP contribution >= 0.6 is 0 Å². The van der Waals surface area contributed by atoms with Crippen LogP contribution in [0.15, 0.2) is 12.1 Å². The maximum atomic E-state index is 12.3. The molecular formula is C15H10N4O4. The molecule has 2 aromatic rings. The minimum atomic E-state index is -0.645. The van der Waals surface area contributed by atoms with E-state index in [1.54, 1.807) is 7.05 Å². The van der Waals surface area contributed by atoms with E-state index in [9.17, 15) is 19.2 Å². The third-order valence-electron chi connectivity index (χ3n) is 4.10. The molecule has 0 saturated heterocycles. The van der Waals surface area contributed by atoms with Crippen LogP contribution in [-0.2, 0) is 0 Å². The van der Waals surface area contributed by atoms with Crippen molar-refractivity contribution in [3.05, 3.63) is 34.4 Å². The summed E-state index contributed by atoms with van der Waals surface area (Å²) in [6, 6.07) is 2.82. The van der Waals surface area contributed by atoms with Gasteiger partial charge in [-0.2, -0.15) is 0 Å². The number of anilines is 2. The highest BCUT2D eigenvalue weighted by atomic mass is 16.2. The van der Waals surface area contributed by atoms with Crippen molar-refractivity contribution < 1.29 is 19.2 Å². The second-order valence-electron chi connectivity index (χ2n) is 5.30. The number of carbonyl (C=O) groups is 4. The Morgan fingerprint density at radius 2 is 1.35 bits per heavy atom. The molecular weight excluding hydrogens is 300 g/mol. The van der Waals surface area contributed by atoms with Crippen LogP contribution in [-0.4, -0.2) is 30.7 Å². The quantitative estimate of drug-likeness (QED) is 0.440. The monoisotopic (exact) mass is 310 g/mol. The zero-order chi connectivity index (χ0) is 16.5. The molecule has 0 aliphatic carbocycles. The summed E-state index contributed by atoms with van der Waals surface area (Å²) in [4.78, 5) is 48.7. The van der Waals surface area contributed by atoms with E-state index in [4.69, 9.17) is 5.73 Å². The number of hydrogen-bond donors (Lipinski definition) is 4. The van der Waals surface area contributed by atoms with Crippen LogP contribution in [0.4, 0.5) is 11.4 Å². The predicted octanol–water partition coefficient (Wildman–Crippen LogP) is 0.231. The first kappa shape index (κ1) is 13.3. The van der Waals surface area contributed by atoms with Crippen LogP contribution < -0.4 is 21.7 Å². The van der Waals surface area contributed by atoms with Gasteiger partial charge in [0.2, 0.25) is 0 Å².